The van der Waals surface area contributed by atoms with Crippen LogP contribution in [0.15, 0.2) is 71.7 Å². The van der Waals surface area contributed by atoms with Crippen LogP contribution in [0.4, 0.5) is 11.4 Å². The van der Waals surface area contributed by atoms with Gasteiger partial charge in [-0.05, 0) is 42.6 Å². The molecule has 4 rings (SSSR count). The topological polar surface area (TPSA) is 58.6 Å². The number of rotatable bonds is 6. The molecule has 29 heavy (non-hydrogen) atoms. The van der Waals surface area contributed by atoms with Gasteiger partial charge in [0.1, 0.15) is 11.4 Å². The SMILES string of the molecule is CCOc1ccccc1NC1=C(c2cccs2)C(=O)N(c2ccccc2Cl)C1=O. The molecule has 5 nitrogen and oxygen atoms in total. The largest absolute Gasteiger partial charge is 0.492 e. The number of nitrogens with one attached hydrogen (secondary N) is 1. The second-order valence-electron chi connectivity index (χ2n) is 6.18. The zero-order valence-corrected chi connectivity index (χ0v) is 17.1. The average Bonchev–Trinajstić information content (AvgIpc) is 3.32. The number of halogens is 1. The van der Waals surface area contributed by atoms with Crippen molar-refractivity contribution >= 4 is 51.7 Å². The lowest BCUT2D eigenvalue weighted by molar-refractivity contribution is -0.120. The Kier molecular flexibility index (Phi) is 5.38. The van der Waals surface area contributed by atoms with E-state index in [0.29, 0.717) is 39.2 Å². The maximum absolute atomic E-state index is 13.3. The van der Waals surface area contributed by atoms with Gasteiger partial charge in [0, 0.05) is 4.88 Å². The highest BCUT2D eigenvalue weighted by Gasteiger charge is 2.41. The molecule has 1 aliphatic rings. The Labute approximate surface area is 177 Å². The standard InChI is InChI=1S/C22H17ClN2O3S/c1-2-28-17-11-6-4-9-15(17)24-20-19(18-12-7-13-29-18)21(26)25(22(20)27)16-10-5-3-8-14(16)23/h3-13,24H,2H2,1H3. The molecular weight excluding hydrogens is 408 g/mol. The maximum Gasteiger partial charge on any atom is 0.282 e. The molecule has 0 bridgehead atoms. The van der Waals surface area contributed by atoms with Gasteiger partial charge < -0.3 is 10.1 Å². The molecule has 2 heterocycles. The lowest BCUT2D eigenvalue weighted by atomic mass is 10.1. The van der Waals surface area contributed by atoms with Crippen LogP contribution >= 0.6 is 22.9 Å². The number of hydrogen-bond acceptors (Lipinski definition) is 5. The molecule has 1 aliphatic heterocycles. The Hall–Kier alpha value is -3.09. The van der Waals surface area contributed by atoms with Crippen LogP contribution in [0.2, 0.25) is 5.02 Å². The number of anilines is 2. The predicted octanol–water partition coefficient (Wildman–Crippen LogP) is 5.20. The van der Waals surface area contributed by atoms with Crippen molar-refractivity contribution in [2.75, 3.05) is 16.8 Å². The van der Waals surface area contributed by atoms with E-state index in [1.54, 1.807) is 30.3 Å². The molecule has 0 aliphatic carbocycles. The molecule has 3 aromatic rings. The summed E-state index contributed by atoms with van der Waals surface area (Å²) in [7, 11) is 0. The number of amides is 2. The first-order valence-electron chi connectivity index (χ1n) is 9.02. The van der Waals surface area contributed by atoms with E-state index < -0.39 is 11.8 Å². The van der Waals surface area contributed by atoms with Crippen molar-refractivity contribution in [1.82, 2.24) is 0 Å². The molecule has 2 amide bonds. The number of hydrogen-bond donors (Lipinski definition) is 1. The van der Waals surface area contributed by atoms with Crippen molar-refractivity contribution in [2.24, 2.45) is 0 Å². The first-order chi connectivity index (χ1) is 14.1. The van der Waals surface area contributed by atoms with Crippen LogP contribution in [-0.4, -0.2) is 18.4 Å². The molecule has 1 aromatic heterocycles. The summed E-state index contributed by atoms with van der Waals surface area (Å²) in [5.74, 6) is -0.274. The molecule has 0 radical (unpaired) electrons. The lowest BCUT2D eigenvalue weighted by Crippen LogP contribution is -2.32. The average molecular weight is 425 g/mol. The second kappa shape index (κ2) is 8.11. The fourth-order valence-electron chi connectivity index (χ4n) is 3.13. The molecular formula is C22H17ClN2O3S. The van der Waals surface area contributed by atoms with Crippen molar-refractivity contribution in [1.29, 1.82) is 0 Å². The van der Waals surface area contributed by atoms with Gasteiger partial charge in [0.25, 0.3) is 11.8 Å². The monoisotopic (exact) mass is 424 g/mol. The van der Waals surface area contributed by atoms with Gasteiger partial charge >= 0.3 is 0 Å². The minimum absolute atomic E-state index is 0.199. The van der Waals surface area contributed by atoms with Gasteiger partial charge in [0.05, 0.1) is 28.6 Å². The summed E-state index contributed by atoms with van der Waals surface area (Å²) in [5.41, 5.74) is 1.48. The van der Waals surface area contributed by atoms with Crippen LogP contribution in [0.3, 0.4) is 0 Å². The quantitative estimate of drug-likeness (QED) is 0.553. The third-order valence-electron chi connectivity index (χ3n) is 4.39. The number of benzene rings is 2. The summed E-state index contributed by atoms with van der Waals surface area (Å²) in [4.78, 5) is 28.5. The van der Waals surface area contributed by atoms with Crippen molar-refractivity contribution in [2.45, 2.75) is 6.92 Å². The van der Waals surface area contributed by atoms with Gasteiger partial charge in [-0.3, -0.25) is 9.59 Å². The van der Waals surface area contributed by atoms with E-state index in [9.17, 15) is 9.59 Å². The molecule has 7 heteroatoms. The van der Waals surface area contributed by atoms with Crippen LogP contribution in [0.5, 0.6) is 5.75 Å². The minimum Gasteiger partial charge on any atom is -0.492 e. The molecule has 0 saturated carbocycles. The summed E-state index contributed by atoms with van der Waals surface area (Å²) in [6, 6.07) is 17.8. The van der Waals surface area contributed by atoms with Crippen LogP contribution in [0, 0.1) is 0 Å². The number of para-hydroxylation sites is 3. The normalized spacial score (nSPS) is 13.9. The zero-order chi connectivity index (χ0) is 20.4. The van der Waals surface area contributed by atoms with E-state index >= 15 is 0 Å². The Bertz CT molecular complexity index is 1110. The predicted molar refractivity (Wildman–Crippen MR) is 116 cm³/mol. The highest BCUT2D eigenvalue weighted by atomic mass is 35.5. The van der Waals surface area contributed by atoms with Crippen molar-refractivity contribution in [3.63, 3.8) is 0 Å². The van der Waals surface area contributed by atoms with Crippen LogP contribution in [-0.2, 0) is 9.59 Å². The molecule has 0 atom stereocenters. The summed E-state index contributed by atoms with van der Waals surface area (Å²) in [5, 5.41) is 5.33. The number of imide groups is 1. The van der Waals surface area contributed by atoms with Crippen molar-refractivity contribution in [3.8, 4) is 5.75 Å². The third kappa shape index (κ3) is 3.52. The Morgan fingerprint density at radius 1 is 1.00 bits per heavy atom. The Balaban J connectivity index is 1.82. The maximum atomic E-state index is 13.3. The highest BCUT2D eigenvalue weighted by Crippen LogP contribution is 2.38. The fourth-order valence-corrected chi connectivity index (χ4v) is 4.12. The molecule has 0 fully saturated rings. The first-order valence-corrected chi connectivity index (χ1v) is 10.3. The Morgan fingerprint density at radius 3 is 2.48 bits per heavy atom. The Morgan fingerprint density at radius 2 is 1.76 bits per heavy atom. The van der Waals surface area contributed by atoms with E-state index in [4.69, 9.17) is 16.3 Å². The number of carbonyl (C=O) groups excluding carboxylic acids is 2. The summed E-state index contributed by atoms with van der Waals surface area (Å²) in [6.07, 6.45) is 0. The molecule has 2 aromatic carbocycles. The zero-order valence-electron chi connectivity index (χ0n) is 15.5. The van der Waals surface area contributed by atoms with Gasteiger partial charge in [-0.25, -0.2) is 4.90 Å². The molecule has 0 saturated heterocycles. The lowest BCUT2D eigenvalue weighted by Gasteiger charge is -2.17. The molecule has 0 spiro atoms. The third-order valence-corrected chi connectivity index (χ3v) is 5.60. The van der Waals surface area contributed by atoms with Crippen LogP contribution in [0.25, 0.3) is 5.57 Å². The van der Waals surface area contributed by atoms with E-state index in [1.807, 2.05) is 42.6 Å². The summed E-state index contributed by atoms with van der Waals surface area (Å²) >= 11 is 7.67. The highest BCUT2D eigenvalue weighted by molar-refractivity contribution is 7.11. The molecule has 1 N–H and O–H groups in total. The number of ether oxygens (including phenoxy) is 1. The van der Waals surface area contributed by atoms with E-state index in [-0.39, 0.29) is 5.70 Å². The van der Waals surface area contributed by atoms with E-state index in [1.165, 1.54) is 11.3 Å². The molecule has 146 valence electrons. The van der Waals surface area contributed by atoms with E-state index in [2.05, 4.69) is 5.32 Å². The summed E-state index contributed by atoms with van der Waals surface area (Å²) in [6.45, 7) is 2.37. The molecule has 0 unspecified atom stereocenters. The van der Waals surface area contributed by atoms with E-state index in [0.717, 1.165) is 4.90 Å². The fraction of sp³-hybridized carbons (Fsp3) is 0.0909. The number of nitrogens with zero attached hydrogens (tertiary/aromatic N) is 1. The first kappa shape index (κ1) is 19.2. The van der Waals surface area contributed by atoms with Crippen LogP contribution < -0.4 is 15.0 Å². The number of thiophene rings is 1. The smallest absolute Gasteiger partial charge is 0.282 e. The van der Waals surface area contributed by atoms with Crippen LogP contribution in [0.1, 0.15) is 11.8 Å². The van der Waals surface area contributed by atoms with Gasteiger partial charge in [-0.1, -0.05) is 41.9 Å². The van der Waals surface area contributed by atoms with Gasteiger partial charge in [0.15, 0.2) is 0 Å². The van der Waals surface area contributed by atoms with Crippen molar-refractivity contribution < 1.29 is 14.3 Å². The van der Waals surface area contributed by atoms with Gasteiger partial charge in [-0.2, -0.15) is 0 Å². The summed E-state index contributed by atoms with van der Waals surface area (Å²) < 4.78 is 5.65. The van der Waals surface area contributed by atoms with Crippen molar-refractivity contribution in [3.05, 3.63) is 81.6 Å². The van der Waals surface area contributed by atoms with Gasteiger partial charge in [-0.15, -0.1) is 11.3 Å². The van der Waals surface area contributed by atoms with Gasteiger partial charge in [0.2, 0.25) is 0 Å². The minimum atomic E-state index is -0.460. The number of carbonyl (C=O) groups is 2. The second-order valence-corrected chi connectivity index (χ2v) is 7.53.